The maximum absolute atomic E-state index is 12.1. The number of hydrogen-bond acceptors (Lipinski definition) is 4. The summed E-state index contributed by atoms with van der Waals surface area (Å²) in [6.45, 7) is 8.55. The first-order valence-electron chi connectivity index (χ1n) is 7.20. The maximum atomic E-state index is 12.1. The third kappa shape index (κ3) is 3.19. The van der Waals surface area contributed by atoms with Crippen LogP contribution in [-0.2, 0) is 4.79 Å². The predicted octanol–water partition coefficient (Wildman–Crippen LogP) is 2.16. The fourth-order valence-corrected chi connectivity index (χ4v) is 3.75. The molecule has 1 saturated heterocycles. The molecule has 5 heteroatoms. The molecule has 4 nitrogen and oxygen atoms in total. The lowest BCUT2D eigenvalue weighted by molar-refractivity contribution is -0.117. The summed E-state index contributed by atoms with van der Waals surface area (Å²) in [5.41, 5.74) is 1.04. The monoisotopic (exact) mass is 301 g/mol. The van der Waals surface area contributed by atoms with Crippen molar-refractivity contribution in [2.45, 2.75) is 5.25 Å². The van der Waals surface area contributed by atoms with E-state index >= 15 is 0 Å². The minimum Gasteiger partial charge on any atom is -0.348 e. The van der Waals surface area contributed by atoms with Crippen LogP contribution in [0.15, 0.2) is 48.0 Å². The number of aliphatic imine (C=N–C) groups is 1. The van der Waals surface area contributed by atoms with Crippen molar-refractivity contribution in [2.24, 2.45) is 4.99 Å². The number of carbonyl (C=O) groups is 1. The molecular formula is C16H19N3OS. The van der Waals surface area contributed by atoms with Gasteiger partial charge in [-0.05, 0) is 5.56 Å². The molecule has 110 valence electrons. The second-order valence-electron chi connectivity index (χ2n) is 5.22. The Labute approximate surface area is 129 Å². The highest BCUT2D eigenvalue weighted by atomic mass is 32.2. The average molecular weight is 301 g/mol. The topological polar surface area (TPSA) is 35.9 Å². The first kappa shape index (κ1) is 14.4. The van der Waals surface area contributed by atoms with Gasteiger partial charge in [-0.1, -0.05) is 48.2 Å². The van der Waals surface area contributed by atoms with Gasteiger partial charge < -0.3 is 4.90 Å². The molecule has 2 aliphatic heterocycles. The van der Waals surface area contributed by atoms with Crippen molar-refractivity contribution in [1.82, 2.24) is 9.80 Å². The summed E-state index contributed by atoms with van der Waals surface area (Å²) < 4.78 is 0. The molecule has 0 radical (unpaired) electrons. The van der Waals surface area contributed by atoms with Crippen LogP contribution in [0.25, 0.3) is 0 Å². The van der Waals surface area contributed by atoms with Gasteiger partial charge in [0, 0.05) is 32.7 Å². The molecule has 0 N–H and O–H groups in total. The van der Waals surface area contributed by atoms with Gasteiger partial charge in [0.15, 0.2) is 5.17 Å². The Balaban J connectivity index is 1.62. The minimum atomic E-state index is -0.174. The van der Waals surface area contributed by atoms with Crippen LogP contribution in [-0.4, -0.2) is 53.6 Å². The van der Waals surface area contributed by atoms with Crippen LogP contribution in [0, 0.1) is 0 Å². The van der Waals surface area contributed by atoms with Crippen LogP contribution < -0.4 is 0 Å². The molecule has 0 bridgehead atoms. The van der Waals surface area contributed by atoms with Gasteiger partial charge in [-0.15, -0.1) is 6.58 Å². The standard InChI is InChI=1S/C16H19N3OS/c1-2-8-18-9-11-19(12-10-18)16-17-15(20)14(21-16)13-6-4-3-5-7-13/h2-7,14H,1,8-12H2. The van der Waals surface area contributed by atoms with Gasteiger partial charge in [0.1, 0.15) is 5.25 Å². The Kier molecular flexibility index (Phi) is 4.41. The molecule has 3 rings (SSSR count). The summed E-state index contributed by atoms with van der Waals surface area (Å²) in [7, 11) is 0. The predicted molar refractivity (Wildman–Crippen MR) is 87.4 cm³/mol. The summed E-state index contributed by atoms with van der Waals surface area (Å²) in [5.74, 6) is -0.0327. The highest BCUT2D eigenvalue weighted by molar-refractivity contribution is 8.15. The van der Waals surface area contributed by atoms with E-state index in [1.54, 1.807) is 11.8 Å². The zero-order chi connectivity index (χ0) is 14.7. The van der Waals surface area contributed by atoms with Crippen LogP contribution in [0.2, 0.25) is 0 Å². The number of amides is 1. The molecule has 0 saturated carbocycles. The van der Waals surface area contributed by atoms with E-state index in [1.165, 1.54) is 0 Å². The molecule has 0 aromatic heterocycles. The first-order chi connectivity index (χ1) is 10.3. The van der Waals surface area contributed by atoms with E-state index < -0.39 is 0 Å². The van der Waals surface area contributed by atoms with E-state index in [2.05, 4.69) is 21.4 Å². The Bertz CT molecular complexity index is 550. The second kappa shape index (κ2) is 6.45. The number of rotatable bonds is 3. The van der Waals surface area contributed by atoms with Crippen LogP contribution in [0.4, 0.5) is 0 Å². The first-order valence-corrected chi connectivity index (χ1v) is 8.08. The summed E-state index contributed by atoms with van der Waals surface area (Å²) in [4.78, 5) is 21.0. The van der Waals surface area contributed by atoms with E-state index in [9.17, 15) is 4.79 Å². The fraction of sp³-hybridized carbons (Fsp3) is 0.375. The van der Waals surface area contributed by atoms with Crippen LogP contribution in [0.1, 0.15) is 10.8 Å². The molecular weight excluding hydrogens is 282 g/mol. The second-order valence-corrected chi connectivity index (χ2v) is 6.29. The van der Waals surface area contributed by atoms with Gasteiger partial charge in [-0.25, -0.2) is 0 Å². The molecule has 1 fully saturated rings. The number of piperazine rings is 1. The van der Waals surface area contributed by atoms with Crippen molar-refractivity contribution < 1.29 is 4.79 Å². The highest BCUT2D eigenvalue weighted by Crippen LogP contribution is 2.37. The molecule has 1 atom stereocenters. The number of carbonyl (C=O) groups excluding carboxylic acids is 1. The Morgan fingerprint density at radius 1 is 1.24 bits per heavy atom. The number of amidine groups is 1. The van der Waals surface area contributed by atoms with E-state index in [-0.39, 0.29) is 11.2 Å². The zero-order valence-corrected chi connectivity index (χ0v) is 12.8. The number of benzene rings is 1. The van der Waals surface area contributed by atoms with Crippen LogP contribution in [0.3, 0.4) is 0 Å². The molecule has 1 aromatic rings. The van der Waals surface area contributed by atoms with E-state index in [0.717, 1.165) is 43.5 Å². The normalized spacial score (nSPS) is 23.2. The largest absolute Gasteiger partial charge is 0.348 e. The van der Waals surface area contributed by atoms with Gasteiger partial charge in [0.2, 0.25) is 0 Å². The molecule has 0 spiro atoms. The van der Waals surface area contributed by atoms with Crippen LogP contribution >= 0.6 is 11.8 Å². The average Bonchev–Trinajstić information content (AvgIpc) is 2.91. The molecule has 1 aromatic carbocycles. The minimum absolute atomic E-state index is 0.0327. The number of thioether (sulfide) groups is 1. The summed E-state index contributed by atoms with van der Waals surface area (Å²) in [6.07, 6.45) is 1.94. The quantitative estimate of drug-likeness (QED) is 0.802. The molecule has 0 aliphatic carbocycles. The van der Waals surface area contributed by atoms with Crippen molar-refractivity contribution in [3.05, 3.63) is 48.6 Å². The smallest absolute Gasteiger partial charge is 0.266 e. The van der Waals surface area contributed by atoms with Crippen molar-refractivity contribution in [3.63, 3.8) is 0 Å². The van der Waals surface area contributed by atoms with Gasteiger partial charge in [0.25, 0.3) is 5.91 Å². The molecule has 1 unspecified atom stereocenters. The lowest BCUT2D eigenvalue weighted by Crippen LogP contribution is -2.47. The fourth-order valence-electron chi connectivity index (χ4n) is 2.62. The maximum Gasteiger partial charge on any atom is 0.266 e. The molecule has 2 aliphatic rings. The molecule has 2 heterocycles. The van der Waals surface area contributed by atoms with Gasteiger partial charge in [0.05, 0.1) is 0 Å². The zero-order valence-electron chi connectivity index (χ0n) is 11.9. The van der Waals surface area contributed by atoms with E-state index in [0.29, 0.717) is 0 Å². The molecule has 21 heavy (non-hydrogen) atoms. The lowest BCUT2D eigenvalue weighted by atomic mass is 10.1. The number of hydrogen-bond donors (Lipinski definition) is 0. The SMILES string of the molecule is C=CCN1CCN(C2=NC(=O)C(c3ccccc3)S2)CC1. The van der Waals surface area contributed by atoms with Crippen molar-refractivity contribution in [1.29, 1.82) is 0 Å². The number of nitrogens with zero attached hydrogens (tertiary/aromatic N) is 3. The van der Waals surface area contributed by atoms with Crippen molar-refractivity contribution >= 4 is 22.8 Å². The van der Waals surface area contributed by atoms with Gasteiger partial charge in [-0.3, -0.25) is 9.69 Å². The van der Waals surface area contributed by atoms with E-state index in [4.69, 9.17) is 0 Å². The van der Waals surface area contributed by atoms with Crippen molar-refractivity contribution in [2.75, 3.05) is 32.7 Å². The van der Waals surface area contributed by atoms with Crippen LogP contribution in [0.5, 0.6) is 0 Å². The van der Waals surface area contributed by atoms with Crippen molar-refractivity contribution in [3.8, 4) is 0 Å². The Morgan fingerprint density at radius 2 is 1.95 bits per heavy atom. The highest BCUT2D eigenvalue weighted by Gasteiger charge is 2.33. The third-order valence-corrected chi connectivity index (χ3v) is 5.06. The van der Waals surface area contributed by atoms with Gasteiger partial charge >= 0.3 is 0 Å². The Morgan fingerprint density at radius 3 is 2.62 bits per heavy atom. The lowest BCUT2D eigenvalue weighted by Gasteiger charge is -2.34. The summed E-state index contributed by atoms with van der Waals surface area (Å²) in [5, 5.41) is 0.708. The molecule has 1 amide bonds. The Hall–Kier alpha value is -1.59. The summed E-state index contributed by atoms with van der Waals surface area (Å²) >= 11 is 1.58. The summed E-state index contributed by atoms with van der Waals surface area (Å²) in [6, 6.07) is 9.89. The third-order valence-electron chi connectivity index (χ3n) is 3.79. The van der Waals surface area contributed by atoms with Gasteiger partial charge in [-0.2, -0.15) is 4.99 Å². The van der Waals surface area contributed by atoms with E-state index in [1.807, 2.05) is 36.4 Å².